The Morgan fingerprint density at radius 1 is 0.900 bits per heavy atom. The van der Waals surface area contributed by atoms with Crippen LogP contribution in [0.5, 0.6) is 0 Å². The molecule has 2 rings (SSSR count). The fraction of sp³-hybridized carbons (Fsp3) is 0.333. The van der Waals surface area contributed by atoms with Crippen LogP contribution in [0, 0.1) is 5.92 Å². The maximum atomic E-state index is 5.78. The predicted octanol–water partition coefficient (Wildman–Crippen LogP) is 3.43. The molecule has 106 valence electrons. The number of rotatable bonds is 6. The molecule has 0 saturated carbocycles. The van der Waals surface area contributed by atoms with Crippen molar-refractivity contribution < 1.29 is 0 Å². The van der Waals surface area contributed by atoms with Gasteiger partial charge in [-0.15, -0.1) is 0 Å². The van der Waals surface area contributed by atoms with E-state index < -0.39 is 0 Å². The summed E-state index contributed by atoms with van der Waals surface area (Å²) in [6.07, 6.45) is 0. The largest absolute Gasteiger partial charge is 0.329 e. The van der Waals surface area contributed by atoms with Crippen LogP contribution in [0.3, 0.4) is 0 Å². The third-order valence-corrected chi connectivity index (χ3v) is 3.69. The molecule has 1 atom stereocenters. The van der Waals surface area contributed by atoms with Gasteiger partial charge < -0.3 is 11.1 Å². The minimum Gasteiger partial charge on any atom is -0.329 e. The molecule has 2 nitrogen and oxygen atoms in total. The molecule has 0 spiro atoms. The van der Waals surface area contributed by atoms with Crippen molar-refractivity contribution in [1.82, 2.24) is 5.32 Å². The third kappa shape index (κ3) is 3.92. The van der Waals surface area contributed by atoms with Gasteiger partial charge in [0.25, 0.3) is 0 Å². The van der Waals surface area contributed by atoms with Crippen molar-refractivity contribution in [2.45, 2.75) is 26.4 Å². The van der Waals surface area contributed by atoms with Gasteiger partial charge in [-0.25, -0.2) is 0 Å². The maximum Gasteiger partial charge on any atom is 0.0216 e. The Morgan fingerprint density at radius 3 is 2.05 bits per heavy atom. The standard InChI is InChI=1S/C18H24N2/c1-14(2)18(12-19)20-13-15-8-10-17(11-9-15)16-6-4-3-5-7-16/h3-11,14,18,20H,12-13,19H2,1-2H3. The van der Waals surface area contributed by atoms with Crippen molar-refractivity contribution >= 4 is 0 Å². The number of nitrogens with one attached hydrogen (secondary N) is 1. The van der Waals surface area contributed by atoms with Gasteiger partial charge in [-0.1, -0.05) is 68.4 Å². The van der Waals surface area contributed by atoms with Crippen molar-refractivity contribution in [1.29, 1.82) is 0 Å². The van der Waals surface area contributed by atoms with Crippen LogP contribution in [0.15, 0.2) is 54.6 Å². The van der Waals surface area contributed by atoms with Gasteiger partial charge in [0.15, 0.2) is 0 Å². The van der Waals surface area contributed by atoms with E-state index in [1.54, 1.807) is 0 Å². The Kier molecular flexibility index (Phi) is 5.33. The molecule has 0 bridgehead atoms. The number of hydrogen-bond donors (Lipinski definition) is 2. The lowest BCUT2D eigenvalue weighted by Gasteiger charge is -2.20. The highest BCUT2D eigenvalue weighted by atomic mass is 14.9. The summed E-state index contributed by atoms with van der Waals surface area (Å²) in [6, 6.07) is 19.6. The molecule has 2 aromatic carbocycles. The lowest BCUT2D eigenvalue weighted by Crippen LogP contribution is -2.39. The highest BCUT2D eigenvalue weighted by Crippen LogP contribution is 2.19. The van der Waals surface area contributed by atoms with Gasteiger partial charge >= 0.3 is 0 Å². The average molecular weight is 268 g/mol. The predicted molar refractivity (Wildman–Crippen MR) is 86.4 cm³/mol. The summed E-state index contributed by atoms with van der Waals surface area (Å²) in [6.45, 7) is 5.95. The van der Waals surface area contributed by atoms with Gasteiger partial charge in [0, 0.05) is 19.1 Å². The zero-order valence-corrected chi connectivity index (χ0v) is 12.3. The molecule has 2 heteroatoms. The van der Waals surface area contributed by atoms with E-state index >= 15 is 0 Å². The van der Waals surface area contributed by atoms with E-state index in [1.807, 2.05) is 6.07 Å². The minimum atomic E-state index is 0.379. The van der Waals surface area contributed by atoms with Crippen molar-refractivity contribution in [2.24, 2.45) is 11.7 Å². The summed E-state index contributed by atoms with van der Waals surface area (Å²) in [4.78, 5) is 0. The monoisotopic (exact) mass is 268 g/mol. The number of hydrogen-bond acceptors (Lipinski definition) is 2. The first kappa shape index (κ1) is 14.8. The number of nitrogens with two attached hydrogens (primary N) is 1. The highest BCUT2D eigenvalue weighted by molar-refractivity contribution is 5.63. The minimum absolute atomic E-state index is 0.379. The molecule has 0 radical (unpaired) electrons. The van der Waals surface area contributed by atoms with Gasteiger partial charge in [0.1, 0.15) is 0 Å². The highest BCUT2D eigenvalue weighted by Gasteiger charge is 2.09. The first-order chi connectivity index (χ1) is 9.70. The molecular weight excluding hydrogens is 244 g/mol. The molecule has 3 N–H and O–H groups in total. The van der Waals surface area contributed by atoms with E-state index in [-0.39, 0.29) is 0 Å². The van der Waals surface area contributed by atoms with E-state index in [0.29, 0.717) is 18.5 Å². The lowest BCUT2D eigenvalue weighted by atomic mass is 10.0. The van der Waals surface area contributed by atoms with Crippen LogP contribution in [0.2, 0.25) is 0 Å². The quantitative estimate of drug-likeness (QED) is 0.842. The van der Waals surface area contributed by atoms with Crippen LogP contribution in [0.25, 0.3) is 11.1 Å². The van der Waals surface area contributed by atoms with Gasteiger partial charge in [-0.05, 0) is 22.6 Å². The third-order valence-electron chi connectivity index (χ3n) is 3.69. The molecule has 0 aliphatic carbocycles. The average Bonchev–Trinajstić information content (AvgIpc) is 2.49. The first-order valence-corrected chi connectivity index (χ1v) is 7.28. The van der Waals surface area contributed by atoms with Crippen LogP contribution < -0.4 is 11.1 Å². The van der Waals surface area contributed by atoms with E-state index in [4.69, 9.17) is 5.73 Å². The van der Waals surface area contributed by atoms with Crippen molar-refractivity contribution in [3.8, 4) is 11.1 Å². The Labute approximate surface area is 122 Å². The second-order valence-corrected chi connectivity index (χ2v) is 5.53. The summed E-state index contributed by atoms with van der Waals surface area (Å²) in [7, 11) is 0. The summed E-state index contributed by atoms with van der Waals surface area (Å²) < 4.78 is 0. The van der Waals surface area contributed by atoms with Gasteiger partial charge in [0.2, 0.25) is 0 Å². The smallest absolute Gasteiger partial charge is 0.0216 e. The second kappa shape index (κ2) is 7.22. The van der Waals surface area contributed by atoms with Gasteiger partial charge in [-0.2, -0.15) is 0 Å². The molecule has 0 aliphatic rings. The van der Waals surface area contributed by atoms with Crippen molar-refractivity contribution in [3.05, 3.63) is 60.2 Å². The first-order valence-electron chi connectivity index (χ1n) is 7.28. The lowest BCUT2D eigenvalue weighted by molar-refractivity contribution is 0.405. The van der Waals surface area contributed by atoms with E-state index in [1.165, 1.54) is 16.7 Å². The Morgan fingerprint density at radius 2 is 1.50 bits per heavy atom. The normalized spacial score (nSPS) is 12.6. The zero-order valence-electron chi connectivity index (χ0n) is 12.3. The molecule has 1 unspecified atom stereocenters. The maximum absolute atomic E-state index is 5.78. The molecule has 0 amide bonds. The topological polar surface area (TPSA) is 38.0 Å². The molecular formula is C18H24N2. The van der Waals surface area contributed by atoms with Crippen LogP contribution in [-0.4, -0.2) is 12.6 Å². The van der Waals surface area contributed by atoms with Crippen molar-refractivity contribution in [2.75, 3.05) is 6.54 Å². The van der Waals surface area contributed by atoms with Crippen molar-refractivity contribution in [3.63, 3.8) is 0 Å². The Hall–Kier alpha value is -1.64. The molecule has 0 fully saturated rings. The molecule has 20 heavy (non-hydrogen) atoms. The van der Waals surface area contributed by atoms with Crippen LogP contribution >= 0.6 is 0 Å². The van der Waals surface area contributed by atoms with Gasteiger partial charge in [0.05, 0.1) is 0 Å². The second-order valence-electron chi connectivity index (χ2n) is 5.53. The molecule has 0 aliphatic heterocycles. The van der Waals surface area contributed by atoms with Crippen LogP contribution in [0.4, 0.5) is 0 Å². The summed E-state index contributed by atoms with van der Waals surface area (Å²) in [5.41, 5.74) is 9.59. The van der Waals surface area contributed by atoms with E-state index in [2.05, 4.69) is 67.7 Å². The van der Waals surface area contributed by atoms with E-state index in [9.17, 15) is 0 Å². The molecule has 0 aromatic heterocycles. The Balaban J connectivity index is 1.99. The summed E-state index contributed by atoms with van der Waals surface area (Å²) in [5.74, 6) is 0.559. The summed E-state index contributed by atoms with van der Waals surface area (Å²) in [5, 5.41) is 3.52. The SMILES string of the molecule is CC(C)C(CN)NCc1ccc(-c2ccccc2)cc1. The Bertz CT molecular complexity index is 503. The van der Waals surface area contributed by atoms with E-state index in [0.717, 1.165) is 6.54 Å². The molecule has 0 heterocycles. The zero-order chi connectivity index (χ0) is 14.4. The van der Waals surface area contributed by atoms with Crippen LogP contribution in [-0.2, 0) is 6.54 Å². The fourth-order valence-corrected chi connectivity index (χ4v) is 2.29. The number of benzene rings is 2. The molecule has 2 aromatic rings. The summed E-state index contributed by atoms with van der Waals surface area (Å²) >= 11 is 0. The van der Waals surface area contributed by atoms with Crippen LogP contribution in [0.1, 0.15) is 19.4 Å². The van der Waals surface area contributed by atoms with Gasteiger partial charge in [-0.3, -0.25) is 0 Å². The fourth-order valence-electron chi connectivity index (χ4n) is 2.29. The molecule has 0 saturated heterocycles.